The van der Waals surface area contributed by atoms with Crippen molar-refractivity contribution in [2.75, 3.05) is 19.0 Å². The molecule has 0 unspecified atom stereocenters. The van der Waals surface area contributed by atoms with E-state index < -0.39 is 10.0 Å². The Balaban J connectivity index is 1.60. The zero-order valence-electron chi connectivity index (χ0n) is 15.8. The van der Waals surface area contributed by atoms with Gasteiger partial charge in [-0.2, -0.15) is 4.31 Å². The molecule has 0 spiro atoms. The number of nitrogens with one attached hydrogen (secondary N) is 1. The number of anilines is 2. The molecule has 1 aromatic carbocycles. The minimum atomic E-state index is -3.66. The first kappa shape index (κ1) is 19.2. The van der Waals surface area contributed by atoms with Gasteiger partial charge in [0, 0.05) is 25.1 Å². The monoisotopic (exact) mass is 412 g/mol. The zero-order valence-corrected chi connectivity index (χ0v) is 16.6. The van der Waals surface area contributed by atoms with Gasteiger partial charge < -0.3 is 4.74 Å². The van der Waals surface area contributed by atoms with Gasteiger partial charge in [-0.25, -0.2) is 28.4 Å². The van der Waals surface area contributed by atoms with Gasteiger partial charge in [-0.05, 0) is 49.2 Å². The Kier molecular flexibility index (Phi) is 5.36. The molecule has 29 heavy (non-hydrogen) atoms. The summed E-state index contributed by atoms with van der Waals surface area (Å²) < 4.78 is 33.0. The van der Waals surface area contributed by atoms with Crippen LogP contribution in [0, 0.1) is 0 Å². The second-order valence-electron chi connectivity index (χ2n) is 6.45. The van der Waals surface area contributed by atoms with Gasteiger partial charge in [0.05, 0.1) is 23.7 Å². The van der Waals surface area contributed by atoms with Crippen LogP contribution in [0.5, 0.6) is 5.75 Å². The number of hydrogen-bond donors (Lipinski definition) is 1. The lowest BCUT2D eigenvalue weighted by Crippen LogP contribution is -2.31. The molecule has 3 aromatic rings. The highest BCUT2D eigenvalue weighted by molar-refractivity contribution is 7.89. The first-order valence-corrected chi connectivity index (χ1v) is 10.5. The molecule has 1 aliphatic heterocycles. The third-order valence-corrected chi connectivity index (χ3v) is 6.60. The van der Waals surface area contributed by atoms with Gasteiger partial charge >= 0.3 is 0 Å². The fourth-order valence-electron chi connectivity index (χ4n) is 3.29. The molecule has 150 valence electrons. The lowest BCUT2D eigenvalue weighted by molar-refractivity contribution is 0.390. The summed E-state index contributed by atoms with van der Waals surface area (Å²) in [6.45, 7) is 0.438. The molecule has 0 aliphatic carbocycles. The van der Waals surface area contributed by atoms with Crippen molar-refractivity contribution in [2.24, 2.45) is 0 Å². The molecule has 1 N–H and O–H groups in total. The minimum absolute atomic E-state index is 0.232. The van der Waals surface area contributed by atoms with Crippen LogP contribution in [0.1, 0.15) is 24.6 Å². The van der Waals surface area contributed by atoms with E-state index in [4.69, 9.17) is 4.74 Å². The minimum Gasteiger partial charge on any atom is -0.497 e. The highest BCUT2D eigenvalue weighted by Crippen LogP contribution is 2.36. The molecule has 2 aromatic heterocycles. The molecule has 3 heterocycles. The van der Waals surface area contributed by atoms with Crippen molar-refractivity contribution < 1.29 is 13.2 Å². The van der Waals surface area contributed by atoms with Crippen LogP contribution in [0.4, 0.5) is 11.9 Å². The van der Waals surface area contributed by atoms with Gasteiger partial charge in [0.15, 0.2) is 0 Å². The molecular formula is C19H20N6O3S. The summed E-state index contributed by atoms with van der Waals surface area (Å²) >= 11 is 0. The predicted octanol–water partition coefficient (Wildman–Crippen LogP) is 2.54. The maximum atomic E-state index is 13.2. The molecule has 1 fully saturated rings. The number of ether oxygens (including phenoxy) is 1. The van der Waals surface area contributed by atoms with Crippen molar-refractivity contribution in [1.82, 2.24) is 24.2 Å². The molecule has 4 rings (SSSR count). The summed E-state index contributed by atoms with van der Waals surface area (Å²) in [6, 6.07) is 9.50. The van der Waals surface area contributed by atoms with Crippen molar-refractivity contribution in [3.63, 3.8) is 0 Å². The first-order chi connectivity index (χ1) is 14.1. The van der Waals surface area contributed by atoms with E-state index in [-0.39, 0.29) is 10.9 Å². The van der Waals surface area contributed by atoms with E-state index in [2.05, 4.69) is 25.3 Å². The summed E-state index contributed by atoms with van der Waals surface area (Å²) in [7, 11) is -2.12. The van der Waals surface area contributed by atoms with E-state index in [0.717, 1.165) is 6.42 Å². The van der Waals surface area contributed by atoms with Crippen molar-refractivity contribution in [3.05, 3.63) is 60.7 Å². The molecule has 0 radical (unpaired) electrons. The van der Waals surface area contributed by atoms with Gasteiger partial charge in [0.1, 0.15) is 5.75 Å². The number of hydrogen-bond acceptors (Lipinski definition) is 8. The summed E-state index contributed by atoms with van der Waals surface area (Å²) in [5.41, 5.74) is 0.632. The SMILES string of the molecule is COc1ccc(S(=O)(=O)N2CCC[C@@H]2c2ccnc(Nc3ncccn3)n2)cc1. The maximum Gasteiger partial charge on any atom is 0.243 e. The van der Waals surface area contributed by atoms with Crippen LogP contribution in [-0.2, 0) is 10.0 Å². The van der Waals surface area contributed by atoms with Crippen molar-refractivity contribution >= 4 is 21.9 Å². The van der Waals surface area contributed by atoms with Crippen LogP contribution in [-0.4, -0.2) is 46.3 Å². The van der Waals surface area contributed by atoms with E-state index in [0.29, 0.717) is 36.3 Å². The Bertz CT molecular complexity index is 1080. The maximum absolute atomic E-state index is 13.2. The van der Waals surface area contributed by atoms with Crippen molar-refractivity contribution in [2.45, 2.75) is 23.8 Å². The third-order valence-electron chi connectivity index (χ3n) is 4.68. The van der Waals surface area contributed by atoms with Gasteiger partial charge in [-0.1, -0.05) is 0 Å². The number of sulfonamides is 1. The van der Waals surface area contributed by atoms with Gasteiger partial charge in [-0.15, -0.1) is 0 Å². The molecule has 0 saturated carbocycles. The molecule has 1 aliphatic rings. The fourth-order valence-corrected chi connectivity index (χ4v) is 4.96. The van der Waals surface area contributed by atoms with Crippen LogP contribution in [0.25, 0.3) is 0 Å². The standard InChI is InChI=1S/C19H20N6O3S/c1-28-14-5-7-15(8-6-14)29(26,27)25-13-2-4-17(25)16-9-12-22-19(23-16)24-18-20-10-3-11-21-18/h3,5-12,17H,2,4,13H2,1H3,(H,20,21,22,23,24)/t17-/m1/s1. The summed E-state index contributed by atoms with van der Waals surface area (Å²) in [6.07, 6.45) is 6.27. The molecule has 0 bridgehead atoms. The van der Waals surface area contributed by atoms with Crippen molar-refractivity contribution in [1.29, 1.82) is 0 Å². The van der Waals surface area contributed by atoms with Crippen LogP contribution in [0.3, 0.4) is 0 Å². The Morgan fingerprint density at radius 1 is 1.03 bits per heavy atom. The molecule has 1 atom stereocenters. The first-order valence-electron chi connectivity index (χ1n) is 9.11. The number of aromatic nitrogens is 4. The Labute approximate surface area is 168 Å². The number of methoxy groups -OCH3 is 1. The van der Waals surface area contributed by atoms with E-state index >= 15 is 0 Å². The van der Waals surface area contributed by atoms with Crippen molar-refractivity contribution in [3.8, 4) is 5.75 Å². The number of nitrogens with zero attached hydrogens (tertiary/aromatic N) is 5. The average Bonchev–Trinajstić information content (AvgIpc) is 3.26. The Morgan fingerprint density at radius 3 is 2.48 bits per heavy atom. The van der Waals surface area contributed by atoms with Crippen LogP contribution in [0.2, 0.25) is 0 Å². The second kappa shape index (κ2) is 8.10. The van der Waals surface area contributed by atoms with Crippen LogP contribution in [0.15, 0.2) is 59.9 Å². The van der Waals surface area contributed by atoms with Crippen LogP contribution < -0.4 is 10.1 Å². The van der Waals surface area contributed by atoms with E-state index in [1.807, 2.05) is 0 Å². The summed E-state index contributed by atoms with van der Waals surface area (Å²) in [5.74, 6) is 1.30. The predicted molar refractivity (Wildman–Crippen MR) is 106 cm³/mol. The lowest BCUT2D eigenvalue weighted by Gasteiger charge is -2.24. The second-order valence-corrected chi connectivity index (χ2v) is 8.34. The lowest BCUT2D eigenvalue weighted by atomic mass is 10.1. The van der Waals surface area contributed by atoms with Gasteiger partial charge in [0.2, 0.25) is 21.9 Å². The molecule has 0 amide bonds. The smallest absolute Gasteiger partial charge is 0.243 e. The average molecular weight is 412 g/mol. The van der Waals surface area contributed by atoms with E-state index in [1.165, 1.54) is 4.31 Å². The number of rotatable bonds is 6. The fraction of sp³-hybridized carbons (Fsp3) is 0.263. The third kappa shape index (κ3) is 4.03. The molecule has 9 nitrogen and oxygen atoms in total. The van der Waals surface area contributed by atoms with Crippen LogP contribution >= 0.6 is 0 Å². The van der Waals surface area contributed by atoms with Gasteiger partial charge in [0.25, 0.3) is 0 Å². The topological polar surface area (TPSA) is 110 Å². The Morgan fingerprint density at radius 2 is 1.76 bits per heavy atom. The normalized spacial score (nSPS) is 17.2. The number of benzene rings is 1. The quantitative estimate of drug-likeness (QED) is 0.658. The molecular weight excluding hydrogens is 392 g/mol. The Hall–Kier alpha value is -3.11. The molecule has 10 heteroatoms. The highest BCUT2D eigenvalue weighted by atomic mass is 32.2. The zero-order chi connectivity index (χ0) is 20.3. The van der Waals surface area contributed by atoms with E-state index in [9.17, 15) is 8.42 Å². The van der Waals surface area contributed by atoms with E-state index in [1.54, 1.807) is 62.1 Å². The molecule has 1 saturated heterocycles. The largest absolute Gasteiger partial charge is 0.497 e. The van der Waals surface area contributed by atoms with Gasteiger partial charge in [-0.3, -0.25) is 5.32 Å². The summed E-state index contributed by atoms with van der Waals surface area (Å²) in [4.78, 5) is 17.1. The highest BCUT2D eigenvalue weighted by Gasteiger charge is 2.37. The summed E-state index contributed by atoms with van der Waals surface area (Å²) in [5, 5.41) is 2.94.